The number of carbonyl (C=O) groups is 1. The monoisotopic (exact) mass is 272 g/mol. The third-order valence-corrected chi connectivity index (χ3v) is 3.00. The van der Waals surface area contributed by atoms with Gasteiger partial charge >= 0.3 is 6.09 Å². The van der Waals surface area contributed by atoms with Crippen LogP contribution in [0.2, 0.25) is 10.3 Å². The van der Waals surface area contributed by atoms with Crippen molar-refractivity contribution in [3.63, 3.8) is 0 Å². The van der Waals surface area contributed by atoms with Crippen LogP contribution in [0.15, 0.2) is 18.2 Å². The first kappa shape index (κ1) is 12.2. The summed E-state index contributed by atoms with van der Waals surface area (Å²) in [5.41, 5.74) is 1.95. The van der Waals surface area contributed by atoms with Crippen LogP contribution in [0.3, 0.4) is 0 Å². The highest BCUT2D eigenvalue weighted by molar-refractivity contribution is 6.32. The fourth-order valence-corrected chi connectivity index (χ4v) is 2.22. The topological polar surface area (TPSA) is 53.4 Å². The molecule has 0 aromatic carbocycles. The van der Waals surface area contributed by atoms with Gasteiger partial charge < -0.3 is 10.0 Å². The van der Waals surface area contributed by atoms with E-state index in [-0.39, 0.29) is 0 Å². The van der Waals surface area contributed by atoms with Crippen LogP contribution >= 0.6 is 23.2 Å². The van der Waals surface area contributed by atoms with Crippen LogP contribution < -0.4 is 0 Å². The first-order valence-corrected chi connectivity index (χ1v) is 5.82. The highest BCUT2D eigenvalue weighted by Gasteiger charge is 2.17. The summed E-state index contributed by atoms with van der Waals surface area (Å²) in [6.45, 7) is 0.876. The molecule has 0 atom stereocenters. The van der Waals surface area contributed by atoms with Crippen molar-refractivity contribution < 1.29 is 9.90 Å². The van der Waals surface area contributed by atoms with Gasteiger partial charge in [0.25, 0.3) is 0 Å². The molecule has 17 heavy (non-hydrogen) atoms. The molecule has 0 fully saturated rings. The molecule has 4 nitrogen and oxygen atoms in total. The van der Waals surface area contributed by atoms with E-state index in [9.17, 15) is 4.79 Å². The van der Waals surface area contributed by atoms with E-state index in [1.807, 2.05) is 6.08 Å². The number of hydrogen-bond acceptors (Lipinski definition) is 2. The SMILES string of the molecule is O=C(O)N1CC=C(c2cc(Cl)nc(Cl)c2)CC1. The molecule has 1 aromatic rings. The largest absolute Gasteiger partial charge is 0.465 e. The Labute approximate surface area is 108 Å². The van der Waals surface area contributed by atoms with E-state index in [1.165, 1.54) is 4.90 Å². The number of carboxylic acid groups (broad SMARTS) is 1. The first-order chi connectivity index (χ1) is 8.06. The Morgan fingerprint density at radius 1 is 1.35 bits per heavy atom. The van der Waals surface area contributed by atoms with Gasteiger partial charge in [-0.05, 0) is 29.7 Å². The molecule has 2 rings (SSSR count). The zero-order chi connectivity index (χ0) is 12.4. The maximum atomic E-state index is 10.8. The van der Waals surface area contributed by atoms with Crippen molar-refractivity contribution in [3.05, 3.63) is 34.1 Å². The molecule has 6 heteroatoms. The van der Waals surface area contributed by atoms with Crippen molar-refractivity contribution in [3.8, 4) is 0 Å². The van der Waals surface area contributed by atoms with Crippen LogP contribution in [0.1, 0.15) is 12.0 Å². The standard InChI is InChI=1S/C11H10Cl2N2O2/c12-9-5-8(6-10(13)14-9)7-1-3-15(4-2-7)11(16)17/h1,5-6H,2-4H2,(H,16,17). The minimum atomic E-state index is -0.897. The van der Waals surface area contributed by atoms with Gasteiger partial charge in [-0.3, -0.25) is 0 Å². The normalized spacial score (nSPS) is 15.6. The van der Waals surface area contributed by atoms with Gasteiger partial charge in [0.1, 0.15) is 10.3 Å². The Hall–Kier alpha value is -1.26. The van der Waals surface area contributed by atoms with Gasteiger partial charge in [-0.15, -0.1) is 0 Å². The summed E-state index contributed by atoms with van der Waals surface area (Å²) < 4.78 is 0. The Morgan fingerprint density at radius 3 is 2.47 bits per heavy atom. The second kappa shape index (κ2) is 4.94. The number of rotatable bonds is 1. The highest BCUT2D eigenvalue weighted by atomic mass is 35.5. The van der Waals surface area contributed by atoms with Crippen molar-refractivity contribution in [1.29, 1.82) is 0 Å². The average Bonchev–Trinajstić information content (AvgIpc) is 2.28. The summed E-state index contributed by atoms with van der Waals surface area (Å²) in [6.07, 6.45) is 1.63. The quantitative estimate of drug-likeness (QED) is 0.799. The predicted octanol–water partition coefficient (Wildman–Crippen LogP) is 3.16. The Kier molecular flexibility index (Phi) is 3.54. The molecule has 1 N–H and O–H groups in total. The van der Waals surface area contributed by atoms with E-state index in [4.69, 9.17) is 28.3 Å². The zero-order valence-electron chi connectivity index (χ0n) is 8.86. The van der Waals surface area contributed by atoms with E-state index >= 15 is 0 Å². The van der Waals surface area contributed by atoms with E-state index in [0.717, 1.165) is 11.1 Å². The lowest BCUT2D eigenvalue weighted by Crippen LogP contribution is -2.33. The third-order valence-electron chi connectivity index (χ3n) is 2.61. The van der Waals surface area contributed by atoms with E-state index < -0.39 is 6.09 Å². The predicted molar refractivity (Wildman–Crippen MR) is 66.4 cm³/mol. The molecule has 0 spiro atoms. The molecule has 1 aliphatic heterocycles. The Morgan fingerprint density at radius 2 is 2.00 bits per heavy atom. The van der Waals surface area contributed by atoms with Gasteiger partial charge in [-0.1, -0.05) is 29.3 Å². The molecule has 0 saturated carbocycles. The van der Waals surface area contributed by atoms with Gasteiger partial charge in [-0.2, -0.15) is 0 Å². The molecule has 1 aromatic heterocycles. The first-order valence-electron chi connectivity index (χ1n) is 5.06. The number of halogens is 2. The van der Waals surface area contributed by atoms with Crippen molar-refractivity contribution in [2.24, 2.45) is 0 Å². The second-order valence-corrected chi connectivity index (χ2v) is 4.48. The van der Waals surface area contributed by atoms with Crippen LogP contribution in [0.25, 0.3) is 5.57 Å². The van der Waals surface area contributed by atoms with Crippen molar-refractivity contribution in [2.75, 3.05) is 13.1 Å². The second-order valence-electron chi connectivity index (χ2n) is 3.71. The summed E-state index contributed by atoms with van der Waals surface area (Å²) in [5.74, 6) is 0. The van der Waals surface area contributed by atoms with Crippen LogP contribution in [0, 0.1) is 0 Å². The molecule has 1 aliphatic rings. The fraction of sp³-hybridized carbons (Fsp3) is 0.273. The van der Waals surface area contributed by atoms with Crippen LogP contribution in [-0.4, -0.2) is 34.2 Å². The van der Waals surface area contributed by atoms with E-state index in [2.05, 4.69) is 4.98 Å². The van der Waals surface area contributed by atoms with Crippen molar-refractivity contribution >= 4 is 34.9 Å². The molecule has 0 bridgehead atoms. The Balaban J connectivity index is 2.21. The summed E-state index contributed by atoms with van der Waals surface area (Å²) in [6, 6.07) is 3.46. The molecular formula is C11H10Cl2N2O2. The third kappa shape index (κ3) is 2.90. The van der Waals surface area contributed by atoms with Gasteiger partial charge in [0.05, 0.1) is 0 Å². The molecule has 2 heterocycles. The van der Waals surface area contributed by atoms with Gasteiger partial charge in [0.2, 0.25) is 0 Å². The van der Waals surface area contributed by atoms with Crippen LogP contribution in [-0.2, 0) is 0 Å². The van der Waals surface area contributed by atoms with Crippen LogP contribution in [0.4, 0.5) is 4.79 Å². The van der Waals surface area contributed by atoms with E-state index in [0.29, 0.717) is 29.8 Å². The number of nitrogens with zero attached hydrogens (tertiary/aromatic N) is 2. The van der Waals surface area contributed by atoms with Gasteiger partial charge in [0, 0.05) is 13.1 Å². The fourth-order valence-electron chi connectivity index (χ4n) is 1.76. The van der Waals surface area contributed by atoms with Gasteiger partial charge in [0.15, 0.2) is 0 Å². The van der Waals surface area contributed by atoms with Crippen molar-refractivity contribution in [2.45, 2.75) is 6.42 Å². The lowest BCUT2D eigenvalue weighted by atomic mass is 10.0. The van der Waals surface area contributed by atoms with Crippen LogP contribution in [0.5, 0.6) is 0 Å². The summed E-state index contributed by atoms with van der Waals surface area (Å²) in [4.78, 5) is 16.0. The van der Waals surface area contributed by atoms with Crippen molar-refractivity contribution in [1.82, 2.24) is 9.88 Å². The molecule has 0 unspecified atom stereocenters. The maximum Gasteiger partial charge on any atom is 0.407 e. The lowest BCUT2D eigenvalue weighted by Gasteiger charge is -2.23. The number of hydrogen-bond donors (Lipinski definition) is 1. The molecule has 0 radical (unpaired) electrons. The molecule has 1 amide bonds. The summed E-state index contributed by atoms with van der Waals surface area (Å²) >= 11 is 11.6. The number of pyridine rings is 1. The smallest absolute Gasteiger partial charge is 0.407 e. The molecule has 90 valence electrons. The summed E-state index contributed by atoms with van der Waals surface area (Å²) in [7, 11) is 0. The molecular weight excluding hydrogens is 263 g/mol. The Bertz CT molecular complexity index is 468. The highest BCUT2D eigenvalue weighted by Crippen LogP contribution is 2.26. The lowest BCUT2D eigenvalue weighted by molar-refractivity contribution is 0.150. The number of amides is 1. The minimum absolute atomic E-state index is 0.342. The molecule has 0 saturated heterocycles. The minimum Gasteiger partial charge on any atom is -0.465 e. The molecule has 0 aliphatic carbocycles. The number of aromatic nitrogens is 1. The zero-order valence-corrected chi connectivity index (χ0v) is 10.4. The van der Waals surface area contributed by atoms with E-state index in [1.54, 1.807) is 12.1 Å². The maximum absolute atomic E-state index is 10.8. The van der Waals surface area contributed by atoms with Gasteiger partial charge in [-0.25, -0.2) is 9.78 Å². The summed E-state index contributed by atoms with van der Waals surface area (Å²) in [5, 5.41) is 9.51. The average molecular weight is 273 g/mol.